The van der Waals surface area contributed by atoms with Crippen LogP contribution in [-0.4, -0.2) is 29.1 Å². The molecule has 2 nitrogen and oxygen atoms in total. The molecule has 2 fully saturated rings. The first kappa shape index (κ1) is 15.3. The summed E-state index contributed by atoms with van der Waals surface area (Å²) < 4.78 is 0. The van der Waals surface area contributed by atoms with E-state index in [1.54, 1.807) is 0 Å². The van der Waals surface area contributed by atoms with E-state index in [1.807, 2.05) is 6.07 Å². The number of fused-ring (bicyclic) bond motifs is 1. The lowest BCUT2D eigenvalue weighted by Gasteiger charge is -2.59. The summed E-state index contributed by atoms with van der Waals surface area (Å²) in [5.74, 6) is 1.23. The normalized spacial score (nSPS) is 32.8. The first-order valence-corrected chi connectivity index (χ1v) is 9.30. The predicted octanol–water partition coefficient (Wildman–Crippen LogP) is 4.42. The molecule has 1 aliphatic heterocycles. The van der Waals surface area contributed by atoms with Crippen LogP contribution in [0.3, 0.4) is 0 Å². The van der Waals surface area contributed by atoms with E-state index in [0.717, 1.165) is 12.5 Å². The van der Waals surface area contributed by atoms with Gasteiger partial charge in [0.25, 0.3) is 0 Å². The van der Waals surface area contributed by atoms with Crippen LogP contribution in [0.5, 0.6) is 5.75 Å². The third-order valence-electron chi connectivity index (χ3n) is 6.67. The number of aromatic hydroxyl groups is 1. The van der Waals surface area contributed by atoms with Gasteiger partial charge in [-0.25, -0.2) is 0 Å². The molecule has 4 rings (SSSR count). The Morgan fingerprint density at radius 2 is 2.17 bits per heavy atom. The summed E-state index contributed by atoms with van der Waals surface area (Å²) in [5.41, 5.74) is 4.75. The summed E-state index contributed by atoms with van der Waals surface area (Å²) >= 11 is 0. The average molecular weight is 311 g/mol. The van der Waals surface area contributed by atoms with Gasteiger partial charge in [-0.15, -0.1) is 0 Å². The van der Waals surface area contributed by atoms with Gasteiger partial charge < -0.3 is 5.11 Å². The molecule has 0 amide bonds. The Morgan fingerprint density at radius 1 is 1.30 bits per heavy atom. The van der Waals surface area contributed by atoms with E-state index >= 15 is 0 Å². The molecular weight excluding hydrogens is 282 g/mol. The van der Waals surface area contributed by atoms with Gasteiger partial charge in [-0.1, -0.05) is 30.6 Å². The molecule has 3 aliphatic rings. The van der Waals surface area contributed by atoms with Crippen LogP contribution >= 0.6 is 0 Å². The van der Waals surface area contributed by atoms with E-state index in [-0.39, 0.29) is 0 Å². The maximum atomic E-state index is 10.1. The van der Waals surface area contributed by atoms with E-state index < -0.39 is 0 Å². The van der Waals surface area contributed by atoms with Crippen molar-refractivity contribution in [2.75, 3.05) is 13.1 Å². The number of phenolic OH excluding ortho intramolecular Hbond substituents is 1. The number of piperidine rings is 1. The van der Waals surface area contributed by atoms with Gasteiger partial charge in [0, 0.05) is 18.0 Å². The monoisotopic (exact) mass is 311 g/mol. The lowest BCUT2D eigenvalue weighted by molar-refractivity contribution is -0.00528. The minimum absolute atomic E-state index is 0.344. The predicted molar refractivity (Wildman–Crippen MR) is 94.9 cm³/mol. The number of benzene rings is 1. The SMILES string of the molecule is CC(C)=CCN1CC[C@]23CCCC[C@H]2[C@H]1Cc1ccc(O)cc13. The van der Waals surface area contributed by atoms with Gasteiger partial charge in [-0.05, 0) is 75.3 Å². The van der Waals surface area contributed by atoms with E-state index in [4.69, 9.17) is 0 Å². The maximum Gasteiger partial charge on any atom is 0.115 e. The fraction of sp³-hybridized carbons (Fsp3) is 0.619. The number of rotatable bonds is 2. The highest BCUT2D eigenvalue weighted by molar-refractivity contribution is 5.45. The molecule has 1 aromatic carbocycles. The van der Waals surface area contributed by atoms with Crippen molar-refractivity contribution in [2.24, 2.45) is 5.92 Å². The summed E-state index contributed by atoms with van der Waals surface area (Å²) in [6, 6.07) is 6.86. The summed E-state index contributed by atoms with van der Waals surface area (Å²) in [7, 11) is 0. The number of nitrogens with zero attached hydrogens (tertiary/aromatic N) is 1. The molecule has 124 valence electrons. The van der Waals surface area contributed by atoms with Crippen molar-refractivity contribution in [1.29, 1.82) is 0 Å². The van der Waals surface area contributed by atoms with Crippen LogP contribution in [0.25, 0.3) is 0 Å². The van der Waals surface area contributed by atoms with Crippen LogP contribution in [0.2, 0.25) is 0 Å². The molecule has 1 saturated carbocycles. The quantitative estimate of drug-likeness (QED) is 0.817. The van der Waals surface area contributed by atoms with Gasteiger partial charge in [0.2, 0.25) is 0 Å². The third-order valence-corrected chi connectivity index (χ3v) is 6.67. The summed E-state index contributed by atoms with van der Waals surface area (Å²) in [4.78, 5) is 2.73. The van der Waals surface area contributed by atoms with Gasteiger partial charge >= 0.3 is 0 Å². The molecule has 0 unspecified atom stereocenters. The van der Waals surface area contributed by atoms with Crippen molar-refractivity contribution in [3.05, 3.63) is 41.0 Å². The van der Waals surface area contributed by atoms with Gasteiger partial charge in [-0.2, -0.15) is 0 Å². The van der Waals surface area contributed by atoms with Crippen molar-refractivity contribution in [3.63, 3.8) is 0 Å². The van der Waals surface area contributed by atoms with Crippen molar-refractivity contribution >= 4 is 0 Å². The second-order valence-electron chi connectivity index (χ2n) is 8.15. The highest BCUT2D eigenvalue weighted by Crippen LogP contribution is 2.56. The third kappa shape index (κ3) is 2.42. The molecule has 1 aromatic rings. The van der Waals surface area contributed by atoms with E-state index in [2.05, 4.69) is 37.0 Å². The zero-order valence-corrected chi connectivity index (χ0v) is 14.5. The average Bonchev–Trinajstić information content (AvgIpc) is 2.54. The Kier molecular flexibility index (Phi) is 3.76. The highest BCUT2D eigenvalue weighted by atomic mass is 16.3. The van der Waals surface area contributed by atoms with Crippen molar-refractivity contribution in [1.82, 2.24) is 4.90 Å². The minimum atomic E-state index is 0.344. The number of phenols is 1. The van der Waals surface area contributed by atoms with Gasteiger partial charge in [0.15, 0.2) is 0 Å². The molecule has 3 atom stereocenters. The topological polar surface area (TPSA) is 23.5 Å². The first-order valence-electron chi connectivity index (χ1n) is 9.30. The van der Waals surface area contributed by atoms with Crippen LogP contribution in [0.15, 0.2) is 29.8 Å². The Morgan fingerprint density at radius 3 is 3.00 bits per heavy atom. The Hall–Kier alpha value is -1.28. The number of hydrogen-bond donors (Lipinski definition) is 1. The van der Waals surface area contributed by atoms with Crippen LogP contribution < -0.4 is 0 Å². The Balaban J connectivity index is 1.75. The molecule has 2 aliphatic carbocycles. The second-order valence-corrected chi connectivity index (χ2v) is 8.15. The highest BCUT2D eigenvalue weighted by Gasteiger charge is 2.53. The van der Waals surface area contributed by atoms with E-state index in [1.165, 1.54) is 61.8 Å². The first-order chi connectivity index (χ1) is 11.1. The standard InChI is InChI=1S/C21H29NO/c1-15(2)8-11-22-12-10-21-9-4-3-5-18(21)20(22)13-16-6-7-17(23)14-19(16)21/h6-8,14,18,20,23H,3-5,9-13H2,1-2H3/t18-,20+,21+/m0/s1. The van der Waals surface area contributed by atoms with Gasteiger partial charge in [0.1, 0.15) is 5.75 Å². The van der Waals surface area contributed by atoms with Crippen LogP contribution in [0.4, 0.5) is 0 Å². The molecule has 2 bridgehead atoms. The second kappa shape index (κ2) is 5.66. The van der Waals surface area contributed by atoms with Crippen LogP contribution in [0, 0.1) is 5.92 Å². The lowest BCUT2D eigenvalue weighted by atomic mass is 9.52. The largest absolute Gasteiger partial charge is 0.508 e. The van der Waals surface area contributed by atoms with Crippen molar-refractivity contribution in [2.45, 2.75) is 63.8 Å². The minimum Gasteiger partial charge on any atom is -0.508 e. The fourth-order valence-corrected chi connectivity index (χ4v) is 5.60. The lowest BCUT2D eigenvalue weighted by Crippen LogP contribution is -2.60. The maximum absolute atomic E-state index is 10.1. The molecule has 1 saturated heterocycles. The molecule has 0 radical (unpaired) electrons. The smallest absolute Gasteiger partial charge is 0.115 e. The molecule has 2 heteroatoms. The number of likely N-dealkylation sites (tertiary alicyclic amines) is 1. The Bertz CT molecular complexity index is 631. The number of allylic oxidation sites excluding steroid dienone is 1. The molecular formula is C21H29NO. The van der Waals surface area contributed by atoms with Gasteiger partial charge in [0.05, 0.1) is 0 Å². The summed E-state index contributed by atoms with van der Waals surface area (Å²) in [6.45, 7) is 6.72. The zero-order chi connectivity index (χ0) is 16.0. The zero-order valence-electron chi connectivity index (χ0n) is 14.5. The molecule has 0 spiro atoms. The van der Waals surface area contributed by atoms with E-state index in [0.29, 0.717) is 17.2 Å². The fourth-order valence-electron chi connectivity index (χ4n) is 5.60. The van der Waals surface area contributed by atoms with E-state index in [9.17, 15) is 5.11 Å². The van der Waals surface area contributed by atoms with Gasteiger partial charge in [-0.3, -0.25) is 4.90 Å². The molecule has 23 heavy (non-hydrogen) atoms. The molecule has 0 aromatic heterocycles. The van der Waals surface area contributed by atoms with Crippen molar-refractivity contribution < 1.29 is 5.11 Å². The van der Waals surface area contributed by atoms with Crippen LogP contribution in [0.1, 0.15) is 57.1 Å². The number of hydrogen-bond acceptors (Lipinski definition) is 2. The van der Waals surface area contributed by atoms with Crippen LogP contribution in [-0.2, 0) is 11.8 Å². The van der Waals surface area contributed by atoms with Crippen molar-refractivity contribution in [3.8, 4) is 5.75 Å². The summed E-state index contributed by atoms with van der Waals surface area (Å²) in [6.07, 6.45) is 10.2. The summed E-state index contributed by atoms with van der Waals surface area (Å²) in [5, 5.41) is 10.1. The molecule has 1 N–H and O–H groups in total. The Labute approximate surface area is 140 Å². The molecule has 1 heterocycles.